The van der Waals surface area contributed by atoms with Crippen LogP contribution in [-0.2, 0) is 4.79 Å². The molecule has 0 aromatic carbocycles. The molecule has 4 aliphatic rings. The average Bonchev–Trinajstić information content (AvgIpc) is 2.99. The van der Waals surface area contributed by atoms with Crippen molar-refractivity contribution in [3.63, 3.8) is 0 Å². The van der Waals surface area contributed by atoms with E-state index in [1.807, 2.05) is 6.08 Å². The zero-order valence-corrected chi connectivity index (χ0v) is 19.0. The molecule has 0 bridgehead atoms. The van der Waals surface area contributed by atoms with Crippen molar-refractivity contribution in [3.05, 3.63) is 23.8 Å². The fraction of sp³-hybridized carbons (Fsp3) is 0.815. The summed E-state index contributed by atoms with van der Waals surface area (Å²) in [5.41, 5.74) is 2.12. The summed E-state index contributed by atoms with van der Waals surface area (Å²) in [6.45, 7) is 12.4. The predicted molar refractivity (Wildman–Crippen MR) is 118 cm³/mol. The smallest absolute Gasteiger partial charge is 0.156 e. The minimum absolute atomic E-state index is 0.246. The van der Waals surface area contributed by atoms with Gasteiger partial charge in [0.25, 0.3) is 0 Å². The number of hydrogen-bond donors (Lipinski definition) is 0. The van der Waals surface area contributed by atoms with Crippen molar-refractivity contribution < 1.29 is 4.79 Å². The van der Waals surface area contributed by atoms with Crippen LogP contribution in [0.5, 0.6) is 0 Å². The molecule has 0 saturated heterocycles. The maximum Gasteiger partial charge on any atom is 0.156 e. The Hall–Kier alpha value is -0.850. The highest BCUT2D eigenvalue weighted by molar-refractivity contribution is 5.92. The van der Waals surface area contributed by atoms with Crippen LogP contribution in [0.1, 0.15) is 92.4 Å². The van der Waals surface area contributed by atoms with E-state index in [1.54, 1.807) is 0 Å². The van der Waals surface area contributed by atoms with E-state index < -0.39 is 0 Å². The van der Waals surface area contributed by atoms with Crippen LogP contribution in [0.2, 0.25) is 0 Å². The van der Waals surface area contributed by atoms with Gasteiger partial charge in [-0.2, -0.15) is 0 Å². The second kappa shape index (κ2) is 7.44. The molecule has 7 atom stereocenters. The number of rotatable bonds is 5. The summed E-state index contributed by atoms with van der Waals surface area (Å²) < 4.78 is 0. The van der Waals surface area contributed by atoms with E-state index in [0.29, 0.717) is 11.2 Å². The molecule has 156 valence electrons. The van der Waals surface area contributed by atoms with Crippen molar-refractivity contribution in [2.45, 2.75) is 92.4 Å². The molecule has 0 aromatic rings. The Labute approximate surface area is 173 Å². The van der Waals surface area contributed by atoms with E-state index in [9.17, 15) is 4.79 Å². The molecule has 0 aromatic heterocycles. The highest BCUT2D eigenvalue weighted by Gasteiger charge is 2.58. The van der Waals surface area contributed by atoms with E-state index in [4.69, 9.17) is 0 Å². The zero-order chi connectivity index (χ0) is 20.1. The Morgan fingerprint density at radius 2 is 1.82 bits per heavy atom. The van der Waals surface area contributed by atoms with Crippen LogP contribution >= 0.6 is 0 Å². The van der Waals surface area contributed by atoms with Crippen molar-refractivity contribution in [1.82, 2.24) is 0 Å². The van der Waals surface area contributed by atoms with Gasteiger partial charge in [-0.3, -0.25) is 4.79 Å². The summed E-state index contributed by atoms with van der Waals surface area (Å²) in [5.74, 6) is 5.32. The Balaban J connectivity index is 1.53. The monoisotopic (exact) mass is 382 g/mol. The lowest BCUT2D eigenvalue weighted by atomic mass is 9.48. The first-order chi connectivity index (χ1) is 13.3. The first-order valence-electron chi connectivity index (χ1n) is 12.2. The highest BCUT2D eigenvalue weighted by Crippen LogP contribution is 2.66. The second-order valence-electron chi connectivity index (χ2n) is 11.7. The molecule has 4 rings (SSSR count). The molecular weight excluding hydrogens is 340 g/mol. The van der Waals surface area contributed by atoms with Crippen LogP contribution in [0.15, 0.2) is 23.8 Å². The standard InChI is InChI=1S/C27H42O/c1-18(2)7-6-8-19(3)23-11-12-24-22-10-9-20-17-21(28)13-15-26(20,4)25(22)14-16-27(23,24)5/h9-10,17-19,22-25H,6-8,11-16H2,1-5H3/t19-,22+,23+,24-,25-,26+,27-/m1/s1. The van der Waals surface area contributed by atoms with Gasteiger partial charge in [0, 0.05) is 6.42 Å². The normalized spacial score (nSPS) is 43.4. The van der Waals surface area contributed by atoms with Gasteiger partial charge in [0.2, 0.25) is 0 Å². The third-order valence-electron chi connectivity index (χ3n) is 9.72. The number of ketones is 1. The molecule has 4 aliphatic carbocycles. The minimum Gasteiger partial charge on any atom is -0.295 e. The van der Waals surface area contributed by atoms with E-state index in [1.165, 1.54) is 50.5 Å². The Kier molecular flexibility index (Phi) is 5.43. The Morgan fingerprint density at radius 1 is 1.04 bits per heavy atom. The van der Waals surface area contributed by atoms with Gasteiger partial charge >= 0.3 is 0 Å². The maximum atomic E-state index is 12.0. The number of hydrogen-bond acceptors (Lipinski definition) is 1. The lowest BCUT2D eigenvalue weighted by Gasteiger charge is -2.56. The Morgan fingerprint density at radius 3 is 2.57 bits per heavy atom. The third-order valence-corrected chi connectivity index (χ3v) is 9.72. The molecule has 0 N–H and O–H groups in total. The molecule has 0 aliphatic heterocycles. The lowest BCUT2D eigenvalue weighted by Crippen LogP contribution is -2.49. The zero-order valence-electron chi connectivity index (χ0n) is 19.0. The molecule has 0 radical (unpaired) electrons. The summed E-state index contributed by atoms with van der Waals surface area (Å²) in [7, 11) is 0. The lowest BCUT2D eigenvalue weighted by molar-refractivity contribution is -0.116. The van der Waals surface area contributed by atoms with Crippen LogP contribution in [-0.4, -0.2) is 5.78 Å². The van der Waals surface area contributed by atoms with Gasteiger partial charge in [-0.1, -0.05) is 66.0 Å². The molecular formula is C27H42O. The average molecular weight is 383 g/mol. The Bertz CT molecular complexity index is 670. The number of allylic oxidation sites excluding steroid dienone is 4. The van der Waals surface area contributed by atoms with E-state index in [2.05, 4.69) is 46.8 Å². The van der Waals surface area contributed by atoms with E-state index in [0.717, 1.165) is 48.3 Å². The second-order valence-corrected chi connectivity index (χ2v) is 11.7. The molecule has 2 fully saturated rings. The van der Waals surface area contributed by atoms with Gasteiger partial charge in [-0.25, -0.2) is 0 Å². The molecule has 2 saturated carbocycles. The summed E-state index contributed by atoms with van der Waals surface area (Å²) in [4.78, 5) is 12.0. The molecule has 0 spiro atoms. The van der Waals surface area contributed by atoms with Crippen LogP contribution in [0.25, 0.3) is 0 Å². The number of fused-ring (bicyclic) bond motifs is 5. The highest BCUT2D eigenvalue weighted by atomic mass is 16.1. The minimum atomic E-state index is 0.246. The summed E-state index contributed by atoms with van der Waals surface area (Å²) in [6, 6.07) is 0. The number of carbonyl (C=O) groups is 1. The summed E-state index contributed by atoms with van der Waals surface area (Å²) >= 11 is 0. The number of carbonyl (C=O) groups excluding carboxylic acids is 1. The van der Waals surface area contributed by atoms with Gasteiger partial charge in [-0.15, -0.1) is 0 Å². The van der Waals surface area contributed by atoms with Crippen LogP contribution in [0.3, 0.4) is 0 Å². The van der Waals surface area contributed by atoms with Crippen molar-refractivity contribution in [2.24, 2.45) is 46.3 Å². The maximum absolute atomic E-state index is 12.0. The van der Waals surface area contributed by atoms with E-state index >= 15 is 0 Å². The molecule has 28 heavy (non-hydrogen) atoms. The quantitative estimate of drug-likeness (QED) is 0.485. The van der Waals surface area contributed by atoms with Gasteiger partial charge in [0.1, 0.15) is 0 Å². The summed E-state index contributed by atoms with van der Waals surface area (Å²) in [5, 5.41) is 0. The van der Waals surface area contributed by atoms with Crippen LogP contribution in [0.4, 0.5) is 0 Å². The van der Waals surface area contributed by atoms with Crippen molar-refractivity contribution in [2.75, 3.05) is 0 Å². The topological polar surface area (TPSA) is 17.1 Å². The van der Waals surface area contributed by atoms with Gasteiger partial charge in [0.15, 0.2) is 5.78 Å². The summed E-state index contributed by atoms with van der Waals surface area (Å²) in [6.07, 6.45) is 18.5. The fourth-order valence-corrected chi connectivity index (χ4v) is 8.02. The van der Waals surface area contributed by atoms with E-state index in [-0.39, 0.29) is 5.41 Å². The van der Waals surface area contributed by atoms with Gasteiger partial charge in [-0.05, 0) is 90.1 Å². The fourth-order valence-electron chi connectivity index (χ4n) is 8.02. The third kappa shape index (κ3) is 3.25. The van der Waals surface area contributed by atoms with Crippen molar-refractivity contribution >= 4 is 5.78 Å². The van der Waals surface area contributed by atoms with Crippen molar-refractivity contribution in [3.8, 4) is 0 Å². The van der Waals surface area contributed by atoms with Gasteiger partial charge < -0.3 is 0 Å². The molecule has 0 unspecified atom stereocenters. The molecule has 1 nitrogen and oxygen atoms in total. The first-order valence-corrected chi connectivity index (χ1v) is 12.2. The molecule has 0 amide bonds. The van der Waals surface area contributed by atoms with Gasteiger partial charge in [0.05, 0.1) is 0 Å². The SMILES string of the molecule is CC(C)CCC[C@@H](C)[C@@H]1CC[C@@H]2[C@@H]3C=CC4=CC(=O)CC[C@]4(C)[C@@H]3CC[C@@]21C. The molecule has 1 heteroatoms. The van der Waals surface area contributed by atoms with Crippen LogP contribution < -0.4 is 0 Å². The van der Waals surface area contributed by atoms with Crippen molar-refractivity contribution in [1.29, 1.82) is 0 Å². The predicted octanol–water partition coefficient (Wildman–Crippen LogP) is 7.37. The first kappa shape index (κ1) is 20.4. The van der Waals surface area contributed by atoms with Crippen LogP contribution in [0, 0.1) is 46.3 Å². The largest absolute Gasteiger partial charge is 0.295 e. The molecule has 0 heterocycles.